The van der Waals surface area contributed by atoms with E-state index in [1.807, 2.05) is 0 Å². The van der Waals surface area contributed by atoms with Crippen molar-refractivity contribution >= 4 is 35.9 Å². The van der Waals surface area contributed by atoms with Crippen LogP contribution in [0.3, 0.4) is 0 Å². The summed E-state index contributed by atoms with van der Waals surface area (Å²) in [4.78, 5) is 15.1. The molecule has 0 aromatic carbocycles. The fraction of sp³-hybridized carbons (Fsp3) is 0.857. The molecule has 1 saturated carbocycles. The Morgan fingerprint density at radius 2 is 1.90 bits per heavy atom. The van der Waals surface area contributed by atoms with E-state index in [2.05, 4.69) is 20.4 Å². The zero-order chi connectivity index (χ0) is 13.9. The second-order valence-electron chi connectivity index (χ2n) is 5.04. The Balaban J connectivity index is 0.00000361. The minimum absolute atomic E-state index is 0. The highest BCUT2D eigenvalue weighted by Crippen LogP contribution is 2.28. The number of guanidine groups is 1. The zero-order valence-electron chi connectivity index (χ0n) is 12.6. The van der Waals surface area contributed by atoms with Crippen molar-refractivity contribution < 1.29 is 9.53 Å². The van der Waals surface area contributed by atoms with Crippen LogP contribution < -0.4 is 10.6 Å². The molecule has 1 fully saturated rings. The van der Waals surface area contributed by atoms with Crippen molar-refractivity contribution in [2.45, 2.75) is 44.9 Å². The van der Waals surface area contributed by atoms with Gasteiger partial charge in [-0.2, -0.15) is 0 Å². The minimum atomic E-state index is -0.204. The summed E-state index contributed by atoms with van der Waals surface area (Å²) in [6.07, 6.45) is 8.50. The van der Waals surface area contributed by atoms with Crippen LogP contribution in [0.5, 0.6) is 0 Å². The molecule has 0 heterocycles. The Morgan fingerprint density at radius 3 is 2.50 bits per heavy atom. The first-order chi connectivity index (χ1) is 9.26. The van der Waals surface area contributed by atoms with Crippen LogP contribution >= 0.6 is 24.0 Å². The molecule has 0 radical (unpaired) electrons. The Labute approximate surface area is 139 Å². The lowest BCUT2D eigenvalue weighted by atomic mass is 10.0. The van der Waals surface area contributed by atoms with E-state index in [1.165, 1.54) is 45.6 Å². The zero-order valence-corrected chi connectivity index (χ0v) is 14.9. The molecular weight excluding hydrogens is 369 g/mol. The first-order valence-corrected chi connectivity index (χ1v) is 7.27. The largest absolute Gasteiger partial charge is 0.469 e. The number of hydrogen-bond donors (Lipinski definition) is 2. The van der Waals surface area contributed by atoms with E-state index in [0.29, 0.717) is 13.0 Å². The maximum absolute atomic E-state index is 11.0. The van der Waals surface area contributed by atoms with Crippen molar-refractivity contribution in [3.63, 3.8) is 0 Å². The first-order valence-electron chi connectivity index (χ1n) is 7.27. The van der Waals surface area contributed by atoms with Gasteiger partial charge < -0.3 is 15.4 Å². The molecule has 6 heteroatoms. The predicted molar refractivity (Wildman–Crippen MR) is 92.6 cm³/mol. The lowest BCUT2D eigenvalue weighted by Gasteiger charge is -2.12. The molecule has 118 valence electrons. The molecule has 0 amide bonds. The first kappa shape index (κ1) is 19.5. The number of rotatable bonds is 7. The van der Waals surface area contributed by atoms with Crippen LogP contribution in [0.1, 0.15) is 44.9 Å². The van der Waals surface area contributed by atoms with Gasteiger partial charge in [0.25, 0.3) is 0 Å². The molecule has 0 spiro atoms. The van der Waals surface area contributed by atoms with Gasteiger partial charge in [0.15, 0.2) is 5.96 Å². The number of carbonyl (C=O) groups excluding carboxylic acids is 1. The van der Waals surface area contributed by atoms with Gasteiger partial charge in [-0.3, -0.25) is 9.79 Å². The Kier molecular flexibility index (Phi) is 11.9. The van der Waals surface area contributed by atoms with Gasteiger partial charge >= 0.3 is 5.97 Å². The highest BCUT2D eigenvalue weighted by molar-refractivity contribution is 14.0. The van der Waals surface area contributed by atoms with E-state index in [9.17, 15) is 4.79 Å². The number of ether oxygens (including phenoxy) is 1. The normalized spacial score (nSPS) is 15.6. The third-order valence-corrected chi connectivity index (χ3v) is 3.63. The van der Waals surface area contributed by atoms with Crippen LogP contribution in [0.25, 0.3) is 0 Å². The number of nitrogens with one attached hydrogen (secondary N) is 2. The van der Waals surface area contributed by atoms with Gasteiger partial charge in [0, 0.05) is 20.1 Å². The standard InChI is InChI=1S/C14H27N3O2.HI/c1-15-14(17-11-9-13(18)19-2)16-10-5-8-12-6-3-4-7-12;/h12H,3-11H2,1-2H3,(H2,15,16,17);1H. The Bertz CT molecular complexity index is 292. The van der Waals surface area contributed by atoms with E-state index in [4.69, 9.17) is 0 Å². The molecule has 2 N–H and O–H groups in total. The molecule has 1 aliphatic carbocycles. The smallest absolute Gasteiger partial charge is 0.307 e. The summed E-state index contributed by atoms with van der Waals surface area (Å²) in [6.45, 7) is 1.49. The summed E-state index contributed by atoms with van der Waals surface area (Å²) in [5.74, 6) is 1.50. The second-order valence-corrected chi connectivity index (χ2v) is 5.04. The summed E-state index contributed by atoms with van der Waals surface area (Å²) >= 11 is 0. The second kappa shape index (κ2) is 12.2. The van der Waals surface area contributed by atoms with Crippen molar-refractivity contribution in [2.24, 2.45) is 10.9 Å². The molecule has 0 saturated heterocycles. The van der Waals surface area contributed by atoms with Crippen LogP contribution in [-0.2, 0) is 9.53 Å². The number of halogens is 1. The van der Waals surface area contributed by atoms with Crippen molar-refractivity contribution in [3.05, 3.63) is 0 Å². The number of aliphatic imine (C=N–C) groups is 1. The molecule has 0 unspecified atom stereocenters. The molecule has 1 rings (SSSR count). The van der Waals surface area contributed by atoms with E-state index in [-0.39, 0.29) is 29.9 Å². The number of methoxy groups -OCH3 is 1. The third kappa shape index (κ3) is 8.60. The monoisotopic (exact) mass is 397 g/mol. The van der Waals surface area contributed by atoms with E-state index in [0.717, 1.165) is 18.4 Å². The van der Waals surface area contributed by atoms with E-state index >= 15 is 0 Å². The Morgan fingerprint density at radius 1 is 1.25 bits per heavy atom. The quantitative estimate of drug-likeness (QED) is 0.228. The average Bonchev–Trinajstić information content (AvgIpc) is 2.94. The van der Waals surface area contributed by atoms with Gasteiger partial charge in [-0.1, -0.05) is 25.7 Å². The molecule has 0 atom stereocenters. The molecule has 0 aliphatic heterocycles. The van der Waals surface area contributed by atoms with Crippen molar-refractivity contribution in [1.82, 2.24) is 10.6 Å². The maximum atomic E-state index is 11.0. The number of nitrogens with zero attached hydrogens (tertiary/aromatic N) is 1. The number of carbonyl (C=O) groups is 1. The highest BCUT2D eigenvalue weighted by atomic mass is 127. The van der Waals surface area contributed by atoms with Crippen molar-refractivity contribution in [2.75, 3.05) is 27.2 Å². The molecule has 20 heavy (non-hydrogen) atoms. The third-order valence-electron chi connectivity index (χ3n) is 3.63. The molecule has 0 aromatic heterocycles. The molecule has 5 nitrogen and oxygen atoms in total. The van der Waals surface area contributed by atoms with Gasteiger partial charge in [-0.25, -0.2) is 0 Å². The summed E-state index contributed by atoms with van der Waals surface area (Å²) < 4.78 is 4.58. The average molecular weight is 397 g/mol. The minimum Gasteiger partial charge on any atom is -0.469 e. The SMILES string of the molecule is CN=C(NCCCC1CCCC1)NCCC(=O)OC.I. The molecule has 0 aromatic rings. The summed E-state index contributed by atoms with van der Waals surface area (Å²) in [7, 11) is 3.14. The van der Waals surface area contributed by atoms with Crippen LogP contribution in [0.15, 0.2) is 4.99 Å². The van der Waals surface area contributed by atoms with Crippen LogP contribution in [0, 0.1) is 5.92 Å². The molecule has 1 aliphatic rings. The van der Waals surface area contributed by atoms with Gasteiger partial charge in [0.2, 0.25) is 0 Å². The van der Waals surface area contributed by atoms with Crippen molar-refractivity contribution in [3.8, 4) is 0 Å². The topological polar surface area (TPSA) is 62.7 Å². The van der Waals surface area contributed by atoms with Crippen LogP contribution in [-0.4, -0.2) is 39.2 Å². The Hall–Kier alpha value is -0.530. The number of hydrogen-bond acceptors (Lipinski definition) is 3. The summed E-state index contributed by atoms with van der Waals surface area (Å²) in [6, 6.07) is 0. The van der Waals surface area contributed by atoms with Gasteiger partial charge in [-0.05, 0) is 18.8 Å². The van der Waals surface area contributed by atoms with Crippen molar-refractivity contribution in [1.29, 1.82) is 0 Å². The lowest BCUT2D eigenvalue weighted by molar-refractivity contribution is -0.140. The lowest BCUT2D eigenvalue weighted by Crippen LogP contribution is -2.38. The molecular formula is C14H28IN3O2. The van der Waals surface area contributed by atoms with Gasteiger partial charge in [0.05, 0.1) is 13.5 Å². The van der Waals surface area contributed by atoms with E-state index < -0.39 is 0 Å². The van der Waals surface area contributed by atoms with Crippen LogP contribution in [0.4, 0.5) is 0 Å². The fourth-order valence-corrected chi connectivity index (χ4v) is 2.50. The van der Waals surface area contributed by atoms with E-state index in [1.54, 1.807) is 7.05 Å². The predicted octanol–water partition coefficient (Wildman–Crippen LogP) is 2.30. The molecule has 0 bridgehead atoms. The summed E-state index contributed by atoms with van der Waals surface area (Å²) in [5, 5.41) is 6.37. The number of esters is 1. The van der Waals surface area contributed by atoms with Gasteiger partial charge in [-0.15, -0.1) is 24.0 Å². The van der Waals surface area contributed by atoms with Crippen LogP contribution in [0.2, 0.25) is 0 Å². The maximum Gasteiger partial charge on any atom is 0.307 e. The fourth-order valence-electron chi connectivity index (χ4n) is 2.50. The summed E-state index contributed by atoms with van der Waals surface area (Å²) in [5.41, 5.74) is 0. The highest BCUT2D eigenvalue weighted by Gasteiger charge is 2.13. The van der Waals surface area contributed by atoms with Gasteiger partial charge in [0.1, 0.15) is 0 Å².